The molecule has 0 aliphatic carbocycles. The van der Waals surface area contributed by atoms with Gasteiger partial charge >= 0.3 is 6.03 Å². The number of aromatic nitrogens is 3. The molecular weight excluding hydrogens is 372 g/mol. The number of hydrogen-bond donors (Lipinski definition) is 1. The van der Waals surface area contributed by atoms with Crippen LogP contribution in [-0.4, -0.2) is 59.7 Å². The van der Waals surface area contributed by atoms with Crippen molar-refractivity contribution < 1.29 is 13.9 Å². The summed E-state index contributed by atoms with van der Waals surface area (Å²) in [6.07, 6.45) is 4.51. The minimum absolute atomic E-state index is 0.190. The van der Waals surface area contributed by atoms with Crippen molar-refractivity contribution in [3.05, 3.63) is 54.7 Å². The lowest BCUT2D eigenvalue weighted by Gasteiger charge is -2.32. The molecule has 1 N–H and O–H groups in total. The van der Waals surface area contributed by atoms with E-state index >= 15 is 0 Å². The molecule has 0 saturated carbocycles. The summed E-state index contributed by atoms with van der Waals surface area (Å²) in [5.74, 6) is 1.11. The second kappa shape index (κ2) is 8.27. The predicted molar refractivity (Wildman–Crippen MR) is 108 cm³/mol. The normalized spacial score (nSPS) is 16.5. The molecule has 3 heterocycles. The van der Waals surface area contributed by atoms with Gasteiger partial charge in [-0.1, -0.05) is 6.07 Å². The minimum Gasteiger partial charge on any atom is -0.445 e. The number of morpholine rings is 1. The Hall–Kier alpha value is -3.46. The Bertz CT molecular complexity index is 976. The third kappa shape index (κ3) is 4.35. The highest BCUT2D eigenvalue weighted by Crippen LogP contribution is 2.24. The summed E-state index contributed by atoms with van der Waals surface area (Å²) in [5, 5.41) is 2.94. The van der Waals surface area contributed by atoms with E-state index in [0.29, 0.717) is 37.2 Å². The quantitative estimate of drug-likeness (QED) is 0.727. The number of nitrogens with zero attached hydrogens (tertiary/aromatic N) is 5. The van der Waals surface area contributed by atoms with Gasteiger partial charge in [-0.05, 0) is 24.3 Å². The van der Waals surface area contributed by atoms with E-state index in [1.54, 1.807) is 17.3 Å². The van der Waals surface area contributed by atoms with Crippen LogP contribution in [0.4, 0.5) is 16.4 Å². The number of oxazole rings is 1. The fraction of sp³-hybridized carbons (Fsp3) is 0.300. The predicted octanol–water partition coefficient (Wildman–Crippen LogP) is 2.80. The van der Waals surface area contributed by atoms with E-state index in [9.17, 15) is 4.79 Å². The van der Waals surface area contributed by atoms with Gasteiger partial charge in [-0.15, -0.1) is 0 Å². The van der Waals surface area contributed by atoms with Crippen LogP contribution >= 0.6 is 0 Å². The van der Waals surface area contributed by atoms with Gasteiger partial charge in [-0.25, -0.2) is 19.7 Å². The van der Waals surface area contributed by atoms with E-state index in [-0.39, 0.29) is 12.1 Å². The lowest BCUT2D eigenvalue weighted by Crippen LogP contribution is -2.44. The van der Waals surface area contributed by atoms with Crippen molar-refractivity contribution in [2.45, 2.75) is 6.10 Å². The van der Waals surface area contributed by atoms with Crippen molar-refractivity contribution in [2.24, 2.45) is 0 Å². The number of ether oxygens (including phenoxy) is 1. The molecular formula is C20H22N6O3. The summed E-state index contributed by atoms with van der Waals surface area (Å²) >= 11 is 0. The fourth-order valence-electron chi connectivity index (χ4n) is 3.07. The highest BCUT2D eigenvalue weighted by Gasteiger charge is 2.27. The van der Waals surface area contributed by atoms with Crippen LogP contribution in [-0.2, 0) is 4.74 Å². The number of hydrogen-bond acceptors (Lipinski definition) is 7. The summed E-state index contributed by atoms with van der Waals surface area (Å²) in [5.41, 5.74) is 2.22. The van der Waals surface area contributed by atoms with E-state index in [2.05, 4.69) is 20.3 Å². The van der Waals surface area contributed by atoms with Crippen molar-refractivity contribution >= 4 is 17.7 Å². The smallest absolute Gasteiger partial charge is 0.322 e. The van der Waals surface area contributed by atoms with Gasteiger partial charge in [0.05, 0.1) is 25.0 Å². The van der Waals surface area contributed by atoms with Crippen molar-refractivity contribution in [1.29, 1.82) is 0 Å². The number of amides is 2. The molecule has 29 heavy (non-hydrogen) atoms. The molecule has 0 bridgehead atoms. The molecule has 1 atom stereocenters. The van der Waals surface area contributed by atoms with Crippen LogP contribution in [0.5, 0.6) is 0 Å². The second-order valence-corrected chi connectivity index (χ2v) is 6.83. The largest absolute Gasteiger partial charge is 0.445 e. The summed E-state index contributed by atoms with van der Waals surface area (Å²) in [7, 11) is 3.76. The van der Waals surface area contributed by atoms with Crippen LogP contribution in [0.1, 0.15) is 11.8 Å². The van der Waals surface area contributed by atoms with Gasteiger partial charge in [0.15, 0.2) is 0 Å². The second-order valence-electron chi connectivity index (χ2n) is 6.83. The van der Waals surface area contributed by atoms with Crippen molar-refractivity contribution in [3.63, 3.8) is 0 Å². The van der Waals surface area contributed by atoms with Gasteiger partial charge in [0.25, 0.3) is 0 Å². The van der Waals surface area contributed by atoms with Gasteiger partial charge in [-0.3, -0.25) is 0 Å². The molecule has 1 unspecified atom stereocenters. The molecule has 150 valence electrons. The van der Waals surface area contributed by atoms with E-state index in [0.717, 1.165) is 11.3 Å². The summed E-state index contributed by atoms with van der Waals surface area (Å²) in [4.78, 5) is 29.2. The number of rotatable bonds is 4. The van der Waals surface area contributed by atoms with Gasteiger partial charge in [0.2, 0.25) is 11.8 Å². The number of nitrogens with one attached hydrogen (secondary N) is 1. The summed E-state index contributed by atoms with van der Waals surface area (Å²) < 4.78 is 11.2. The van der Waals surface area contributed by atoms with Crippen LogP contribution in [0.15, 0.2) is 53.4 Å². The first-order valence-electron chi connectivity index (χ1n) is 9.28. The van der Waals surface area contributed by atoms with E-state index in [4.69, 9.17) is 9.15 Å². The van der Waals surface area contributed by atoms with Gasteiger partial charge in [0.1, 0.15) is 12.4 Å². The standard InChI is InChI=1S/C20H22N6O3/c1-25(2)19-22-7-6-16(24-19)17-13-26(9-11-28-17)20(27)23-15-5-3-4-14(12-15)18-21-8-10-29-18/h3-8,10,12,17H,9,11,13H2,1-2H3,(H,23,27). The Kier molecular flexibility index (Phi) is 5.39. The van der Waals surface area contributed by atoms with Crippen LogP contribution < -0.4 is 10.2 Å². The molecule has 0 spiro atoms. The maximum atomic E-state index is 12.8. The zero-order valence-electron chi connectivity index (χ0n) is 16.3. The zero-order chi connectivity index (χ0) is 20.2. The molecule has 2 amide bonds. The van der Waals surface area contributed by atoms with Gasteiger partial charge in [-0.2, -0.15) is 0 Å². The Labute approximate surface area is 168 Å². The third-order valence-corrected chi connectivity index (χ3v) is 4.54. The first kappa shape index (κ1) is 18.9. The highest BCUT2D eigenvalue weighted by atomic mass is 16.5. The SMILES string of the molecule is CN(C)c1nccc(C2CN(C(=O)Nc3cccc(-c4ncco4)c3)CCO2)n1. The molecule has 1 aliphatic heterocycles. The monoisotopic (exact) mass is 394 g/mol. The highest BCUT2D eigenvalue weighted by molar-refractivity contribution is 5.90. The Morgan fingerprint density at radius 1 is 1.24 bits per heavy atom. The minimum atomic E-state index is -0.296. The van der Waals surface area contributed by atoms with Crippen molar-refractivity contribution in [1.82, 2.24) is 19.9 Å². The zero-order valence-corrected chi connectivity index (χ0v) is 16.3. The van der Waals surface area contributed by atoms with Crippen LogP contribution in [0, 0.1) is 0 Å². The first-order chi connectivity index (χ1) is 14.1. The summed E-state index contributed by atoms with van der Waals surface area (Å²) in [6.45, 7) is 1.36. The van der Waals surface area contributed by atoms with Gasteiger partial charge < -0.3 is 24.3 Å². The lowest BCUT2D eigenvalue weighted by atomic mass is 10.2. The number of benzene rings is 1. The Balaban J connectivity index is 1.44. The van der Waals surface area contributed by atoms with Crippen LogP contribution in [0.25, 0.3) is 11.5 Å². The molecule has 4 rings (SSSR count). The average Bonchev–Trinajstić information content (AvgIpc) is 3.29. The molecule has 3 aromatic rings. The number of carbonyl (C=O) groups excluding carboxylic acids is 1. The molecule has 1 aromatic carbocycles. The van der Waals surface area contributed by atoms with E-state index in [1.807, 2.05) is 49.3 Å². The maximum Gasteiger partial charge on any atom is 0.322 e. The molecule has 0 radical (unpaired) electrons. The summed E-state index contributed by atoms with van der Waals surface area (Å²) in [6, 6.07) is 9.01. The topological polar surface area (TPSA) is 96.6 Å². The van der Waals surface area contributed by atoms with Gasteiger partial charge in [0, 0.05) is 38.1 Å². The van der Waals surface area contributed by atoms with Crippen LogP contribution in [0.3, 0.4) is 0 Å². The van der Waals surface area contributed by atoms with E-state index < -0.39 is 0 Å². The number of carbonyl (C=O) groups is 1. The molecule has 9 nitrogen and oxygen atoms in total. The number of urea groups is 1. The van der Waals surface area contributed by atoms with Crippen molar-refractivity contribution in [3.8, 4) is 11.5 Å². The average molecular weight is 394 g/mol. The van der Waals surface area contributed by atoms with E-state index in [1.165, 1.54) is 6.26 Å². The maximum absolute atomic E-state index is 12.8. The van der Waals surface area contributed by atoms with Crippen molar-refractivity contribution in [2.75, 3.05) is 44.0 Å². The molecule has 1 aliphatic rings. The third-order valence-electron chi connectivity index (χ3n) is 4.54. The molecule has 9 heteroatoms. The Morgan fingerprint density at radius 3 is 2.93 bits per heavy atom. The fourth-order valence-corrected chi connectivity index (χ4v) is 3.07. The molecule has 1 fully saturated rings. The Morgan fingerprint density at radius 2 is 2.14 bits per heavy atom. The lowest BCUT2D eigenvalue weighted by molar-refractivity contribution is -0.0157. The van der Waals surface area contributed by atoms with Crippen LogP contribution in [0.2, 0.25) is 0 Å². The first-order valence-corrected chi connectivity index (χ1v) is 9.28. The number of anilines is 2. The molecule has 1 saturated heterocycles. The molecule has 2 aromatic heterocycles.